The Morgan fingerprint density at radius 1 is 0.828 bits per heavy atom. The monoisotopic (exact) mass is 411 g/mol. The Hall–Kier alpha value is -2.97. The van der Waals surface area contributed by atoms with Gasteiger partial charge in [-0.05, 0) is 48.4 Å². The molecule has 2 aromatic carbocycles. The maximum absolute atomic E-state index is 12.0. The molecule has 3 N–H and O–H groups in total. The van der Waals surface area contributed by atoms with E-state index in [-0.39, 0.29) is 10.3 Å². The molecule has 3 rings (SSSR count). The van der Waals surface area contributed by atoms with Crippen LogP contribution in [0, 0.1) is 0 Å². The van der Waals surface area contributed by atoms with E-state index in [4.69, 9.17) is 0 Å². The third kappa shape index (κ3) is 5.30. The molecule has 0 aliphatic rings. The Bertz CT molecular complexity index is 1090. The molecule has 1 heterocycles. The highest BCUT2D eigenvalue weighted by molar-refractivity contribution is 7.89. The number of nitrogens with zero attached hydrogens (tertiary/aromatic N) is 2. The zero-order chi connectivity index (χ0) is 21.1. The Balaban J connectivity index is 1.76. The zero-order valence-electron chi connectivity index (χ0n) is 16.9. The van der Waals surface area contributed by atoms with Crippen molar-refractivity contribution in [2.75, 3.05) is 17.7 Å². The van der Waals surface area contributed by atoms with Gasteiger partial charge in [-0.2, -0.15) is 0 Å². The van der Waals surface area contributed by atoms with Crippen LogP contribution in [0.5, 0.6) is 0 Å². The van der Waals surface area contributed by atoms with Crippen molar-refractivity contribution in [1.82, 2.24) is 14.7 Å². The van der Waals surface area contributed by atoms with E-state index in [9.17, 15) is 8.42 Å². The van der Waals surface area contributed by atoms with Gasteiger partial charge in [0.1, 0.15) is 18.0 Å². The molecule has 152 valence electrons. The van der Waals surface area contributed by atoms with Gasteiger partial charge in [-0.3, -0.25) is 0 Å². The van der Waals surface area contributed by atoms with Crippen LogP contribution in [0.4, 0.5) is 23.0 Å². The van der Waals surface area contributed by atoms with E-state index in [1.165, 1.54) is 25.0 Å². The smallest absolute Gasteiger partial charge is 0.240 e. The van der Waals surface area contributed by atoms with Crippen LogP contribution >= 0.6 is 0 Å². The lowest BCUT2D eigenvalue weighted by Crippen LogP contribution is -2.18. The van der Waals surface area contributed by atoms with Crippen molar-refractivity contribution in [1.29, 1.82) is 0 Å². The zero-order valence-corrected chi connectivity index (χ0v) is 17.7. The third-order valence-electron chi connectivity index (χ3n) is 4.38. The number of hydrogen-bond donors (Lipinski definition) is 3. The van der Waals surface area contributed by atoms with Crippen molar-refractivity contribution in [2.24, 2.45) is 0 Å². The molecule has 0 saturated carbocycles. The van der Waals surface area contributed by atoms with Gasteiger partial charge in [0.2, 0.25) is 10.0 Å². The first kappa shape index (κ1) is 20.8. The SMILES string of the molecule is CNS(=O)(=O)c1cccc(Nc2cc(Nc3ccc(C(C)(C)C)cc3)ncn2)c1. The van der Waals surface area contributed by atoms with Crippen LogP contribution in [0.25, 0.3) is 0 Å². The van der Waals surface area contributed by atoms with E-state index >= 15 is 0 Å². The fourth-order valence-corrected chi connectivity index (χ4v) is 3.48. The minimum absolute atomic E-state index is 0.0971. The van der Waals surface area contributed by atoms with Crippen molar-refractivity contribution in [3.8, 4) is 0 Å². The quantitative estimate of drug-likeness (QED) is 0.563. The molecule has 7 nitrogen and oxygen atoms in total. The highest BCUT2D eigenvalue weighted by atomic mass is 32.2. The molecule has 29 heavy (non-hydrogen) atoms. The van der Waals surface area contributed by atoms with E-state index in [1.807, 2.05) is 12.1 Å². The van der Waals surface area contributed by atoms with Gasteiger partial charge in [-0.25, -0.2) is 23.1 Å². The molecule has 0 spiro atoms. The summed E-state index contributed by atoms with van der Waals surface area (Å²) in [5.41, 5.74) is 2.88. The van der Waals surface area contributed by atoms with Gasteiger partial charge < -0.3 is 10.6 Å². The van der Waals surface area contributed by atoms with Crippen molar-refractivity contribution >= 4 is 33.0 Å². The van der Waals surface area contributed by atoms with Crippen LogP contribution in [-0.4, -0.2) is 25.4 Å². The predicted octanol–water partition coefficient (Wildman–Crippen LogP) is 4.17. The van der Waals surface area contributed by atoms with E-state index in [0.29, 0.717) is 17.3 Å². The number of nitrogens with one attached hydrogen (secondary N) is 3. The Morgan fingerprint density at radius 2 is 1.45 bits per heavy atom. The summed E-state index contributed by atoms with van der Waals surface area (Å²) in [5.74, 6) is 1.18. The number of benzene rings is 2. The predicted molar refractivity (Wildman–Crippen MR) is 116 cm³/mol. The van der Waals surface area contributed by atoms with E-state index in [1.54, 1.807) is 24.3 Å². The lowest BCUT2D eigenvalue weighted by Gasteiger charge is -2.19. The van der Waals surface area contributed by atoms with Gasteiger partial charge in [0.05, 0.1) is 4.90 Å². The van der Waals surface area contributed by atoms with E-state index < -0.39 is 10.0 Å². The molecule has 0 atom stereocenters. The minimum atomic E-state index is -3.51. The van der Waals surface area contributed by atoms with E-state index in [0.717, 1.165) is 5.69 Å². The van der Waals surface area contributed by atoms with Crippen molar-refractivity contribution in [2.45, 2.75) is 31.1 Å². The molecule has 0 aliphatic carbocycles. The largest absolute Gasteiger partial charge is 0.340 e. The van der Waals surface area contributed by atoms with Crippen LogP contribution in [0.2, 0.25) is 0 Å². The summed E-state index contributed by atoms with van der Waals surface area (Å²) in [5, 5.41) is 6.37. The van der Waals surface area contributed by atoms with Gasteiger partial charge in [-0.15, -0.1) is 0 Å². The number of rotatable bonds is 6. The molecule has 0 unspecified atom stereocenters. The summed E-state index contributed by atoms with van der Waals surface area (Å²) >= 11 is 0. The fraction of sp³-hybridized carbons (Fsp3) is 0.238. The molecule has 8 heteroatoms. The van der Waals surface area contributed by atoms with Crippen LogP contribution in [0.15, 0.2) is 65.8 Å². The average Bonchev–Trinajstić information content (AvgIpc) is 2.68. The average molecular weight is 412 g/mol. The molecule has 0 aliphatic heterocycles. The normalized spacial score (nSPS) is 11.9. The maximum Gasteiger partial charge on any atom is 0.240 e. The molecular weight excluding hydrogens is 386 g/mol. The lowest BCUT2D eigenvalue weighted by atomic mass is 9.87. The summed E-state index contributed by atoms with van der Waals surface area (Å²) in [6.45, 7) is 6.53. The lowest BCUT2D eigenvalue weighted by molar-refractivity contribution is 0.588. The first-order valence-electron chi connectivity index (χ1n) is 9.18. The Morgan fingerprint density at radius 3 is 2.03 bits per heavy atom. The van der Waals surface area contributed by atoms with E-state index in [2.05, 4.69) is 58.2 Å². The highest BCUT2D eigenvalue weighted by Crippen LogP contribution is 2.25. The first-order chi connectivity index (χ1) is 13.7. The van der Waals surface area contributed by atoms with Gasteiger partial charge in [0.15, 0.2) is 0 Å². The van der Waals surface area contributed by atoms with Crippen molar-refractivity contribution in [3.63, 3.8) is 0 Å². The van der Waals surface area contributed by atoms with Gasteiger partial charge in [-0.1, -0.05) is 39.0 Å². The highest BCUT2D eigenvalue weighted by Gasteiger charge is 2.13. The summed E-state index contributed by atoms with van der Waals surface area (Å²) in [7, 11) is -2.13. The molecular formula is C21H25N5O2S. The second-order valence-electron chi connectivity index (χ2n) is 7.60. The van der Waals surface area contributed by atoms with Crippen molar-refractivity contribution in [3.05, 3.63) is 66.5 Å². The summed E-state index contributed by atoms with van der Waals surface area (Å²) < 4.78 is 26.3. The first-order valence-corrected chi connectivity index (χ1v) is 10.7. The number of sulfonamides is 1. The topological polar surface area (TPSA) is 96.0 Å². The number of hydrogen-bond acceptors (Lipinski definition) is 6. The van der Waals surface area contributed by atoms with Crippen molar-refractivity contribution < 1.29 is 8.42 Å². The van der Waals surface area contributed by atoms with Gasteiger partial charge >= 0.3 is 0 Å². The van der Waals surface area contributed by atoms with Crippen LogP contribution < -0.4 is 15.4 Å². The third-order valence-corrected chi connectivity index (χ3v) is 5.79. The number of aromatic nitrogens is 2. The van der Waals surface area contributed by atoms with Gasteiger partial charge in [0, 0.05) is 17.4 Å². The maximum atomic E-state index is 12.0. The molecule has 0 fully saturated rings. The standard InChI is InChI=1S/C21H25N5O2S/c1-21(2,3)15-8-10-16(11-9-15)25-19-13-20(24-14-23-19)26-17-6-5-7-18(12-17)29(27,28)22-4/h5-14,22H,1-4H3,(H2,23,24,25,26). The van der Waals surface area contributed by atoms with Gasteiger partial charge in [0.25, 0.3) is 0 Å². The summed E-state index contributed by atoms with van der Waals surface area (Å²) in [6.07, 6.45) is 1.45. The fourth-order valence-electron chi connectivity index (χ4n) is 2.70. The Labute approximate surface area is 171 Å². The molecule has 3 aromatic rings. The summed E-state index contributed by atoms with van der Waals surface area (Å²) in [4.78, 5) is 8.63. The molecule has 1 aromatic heterocycles. The molecule has 0 amide bonds. The Kier molecular flexibility index (Phi) is 5.86. The molecule has 0 bridgehead atoms. The van der Waals surface area contributed by atoms with Crippen LogP contribution in [0.3, 0.4) is 0 Å². The van der Waals surface area contributed by atoms with Crippen LogP contribution in [0.1, 0.15) is 26.3 Å². The van der Waals surface area contributed by atoms with Crippen LogP contribution in [-0.2, 0) is 15.4 Å². The number of anilines is 4. The summed E-state index contributed by atoms with van der Waals surface area (Å²) in [6, 6.07) is 16.5. The second kappa shape index (κ2) is 8.18. The molecule has 0 radical (unpaired) electrons. The minimum Gasteiger partial charge on any atom is -0.340 e. The molecule has 0 saturated heterocycles. The second-order valence-corrected chi connectivity index (χ2v) is 9.49.